The highest BCUT2D eigenvalue weighted by atomic mass is 15.2. The number of nitrogens with one attached hydrogen (secondary N) is 2. The molecule has 2 aliphatic heterocycles. The van der Waals surface area contributed by atoms with Gasteiger partial charge in [-0.15, -0.1) is 0 Å². The first-order chi connectivity index (χ1) is 8.93. The first kappa shape index (κ1) is 12.0. The van der Waals surface area contributed by atoms with Gasteiger partial charge in [0, 0.05) is 31.9 Å². The Kier molecular flexibility index (Phi) is 3.81. The number of hydrogen-bond donors (Lipinski definition) is 2. The van der Waals surface area contributed by atoms with E-state index in [2.05, 4.69) is 39.8 Å². The van der Waals surface area contributed by atoms with Crippen LogP contribution in [-0.2, 0) is 0 Å². The average molecular weight is 245 g/mol. The Labute approximate surface area is 110 Å². The van der Waals surface area contributed by atoms with Crippen LogP contribution in [0.25, 0.3) is 0 Å². The van der Waals surface area contributed by atoms with E-state index in [0.29, 0.717) is 0 Å². The highest BCUT2D eigenvalue weighted by Gasteiger charge is 2.16. The van der Waals surface area contributed by atoms with Gasteiger partial charge in [0.2, 0.25) is 0 Å². The number of piperidine rings is 1. The van der Waals surface area contributed by atoms with Crippen molar-refractivity contribution in [2.75, 3.05) is 44.2 Å². The van der Waals surface area contributed by atoms with E-state index in [4.69, 9.17) is 0 Å². The minimum absolute atomic E-state index is 0.767. The lowest BCUT2D eigenvalue weighted by Crippen LogP contribution is -2.43. The Morgan fingerprint density at radius 1 is 0.833 bits per heavy atom. The summed E-state index contributed by atoms with van der Waals surface area (Å²) in [5, 5.41) is 6.83. The van der Waals surface area contributed by atoms with Crippen LogP contribution in [0.5, 0.6) is 0 Å². The van der Waals surface area contributed by atoms with Crippen LogP contribution < -0.4 is 15.5 Å². The number of hydrogen-bond acceptors (Lipinski definition) is 3. The average Bonchev–Trinajstić information content (AvgIpc) is 2.49. The van der Waals surface area contributed by atoms with Gasteiger partial charge < -0.3 is 15.5 Å². The third-order valence-corrected chi connectivity index (χ3v) is 4.19. The normalized spacial score (nSPS) is 22.1. The molecule has 2 fully saturated rings. The molecule has 0 atom stereocenters. The van der Waals surface area contributed by atoms with Crippen molar-refractivity contribution in [3.63, 3.8) is 0 Å². The molecule has 3 nitrogen and oxygen atoms in total. The molecule has 2 saturated heterocycles. The van der Waals surface area contributed by atoms with Crippen LogP contribution in [0.3, 0.4) is 0 Å². The molecule has 0 radical (unpaired) electrons. The number of anilines is 1. The summed E-state index contributed by atoms with van der Waals surface area (Å²) >= 11 is 0. The van der Waals surface area contributed by atoms with Crippen LogP contribution in [0.2, 0.25) is 0 Å². The summed E-state index contributed by atoms with van der Waals surface area (Å²) in [5.41, 5.74) is 2.91. The molecule has 18 heavy (non-hydrogen) atoms. The van der Waals surface area contributed by atoms with Gasteiger partial charge >= 0.3 is 0 Å². The Bertz CT molecular complexity index is 325. The van der Waals surface area contributed by atoms with E-state index < -0.39 is 0 Å². The molecule has 0 bridgehead atoms. The van der Waals surface area contributed by atoms with E-state index in [9.17, 15) is 0 Å². The van der Waals surface area contributed by atoms with Gasteiger partial charge in [0.05, 0.1) is 0 Å². The van der Waals surface area contributed by atoms with Crippen molar-refractivity contribution in [1.82, 2.24) is 10.6 Å². The summed E-state index contributed by atoms with van der Waals surface area (Å²) in [6.45, 7) is 6.82. The zero-order valence-electron chi connectivity index (χ0n) is 11.0. The lowest BCUT2D eigenvalue weighted by atomic mass is 9.90. The molecule has 0 saturated carbocycles. The third kappa shape index (κ3) is 2.68. The zero-order chi connectivity index (χ0) is 12.2. The Balaban J connectivity index is 1.67. The summed E-state index contributed by atoms with van der Waals surface area (Å²) in [6.07, 6.45) is 2.57. The number of nitrogens with zero attached hydrogens (tertiary/aromatic N) is 1. The van der Waals surface area contributed by atoms with Crippen molar-refractivity contribution in [3.8, 4) is 0 Å². The molecule has 0 aromatic heterocycles. The first-order valence-corrected chi connectivity index (χ1v) is 7.20. The third-order valence-electron chi connectivity index (χ3n) is 4.19. The van der Waals surface area contributed by atoms with Crippen molar-refractivity contribution in [3.05, 3.63) is 29.8 Å². The summed E-state index contributed by atoms with van der Waals surface area (Å²) in [6, 6.07) is 9.30. The smallest absolute Gasteiger partial charge is 0.0367 e. The molecule has 0 amide bonds. The van der Waals surface area contributed by atoms with Gasteiger partial charge in [0.25, 0.3) is 0 Å². The Hall–Kier alpha value is -1.06. The second kappa shape index (κ2) is 5.72. The van der Waals surface area contributed by atoms with Crippen molar-refractivity contribution in [1.29, 1.82) is 0 Å². The van der Waals surface area contributed by atoms with Crippen LogP contribution >= 0.6 is 0 Å². The van der Waals surface area contributed by atoms with Crippen LogP contribution in [-0.4, -0.2) is 39.3 Å². The van der Waals surface area contributed by atoms with Gasteiger partial charge in [0.15, 0.2) is 0 Å². The van der Waals surface area contributed by atoms with E-state index in [-0.39, 0.29) is 0 Å². The second-order valence-corrected chi connectivity index (χ2v) is 5.35. The Morgan fingerprint density at radius 3 is 2.11 bits per heavy atom. The maximum absolute atomic E-state index is 3.43. The quantitative estimate of drug-likeness (QED) is 0.828. The van der Waals surface area contributed by atoms with E-state index in [1.54, 1.807) is 0 Å². The highest BCUT2D eigenvalue weighted by Crippen LogP contribution is 2.27. The van der Waals surface area contributed by atoms with Crippen molar-refractivity contribution >= 4 is 5.69 Å². The van der Waals surface area contributed by atoms with Crippen molar-refractivity contribution in [2.45, 2.75) is 18.8 Å². The fraction of sp³-hybridized carbons (Fsp3) is 0.600. The van der Waals surface area contributed by atoms with E-state index in [1.165, 1.54) is 37.2 Å². The molecule has 98 valence electrons. The Morgan fingerprint density at radius 2 is 1.44 bits per heavy atom. The van der Waals surface area contributed by atoms with Gasteiger partial charge in [-0.05, 0) is 49.5 Å². The molecule has 0 spiro atoms. The minimum atomic E-state index is 0.767. The second-order valence-electron chi connectivity index (χ2n) is 5.35. The maximum Gasteiger partial charge on any atom is 0.0367 e. The van der Waals surface area contributed by atoms with E-state index >= 15 is 0 Å². The number of rotatable bonds is 2. The van der Waals surface area contributed by atoms with Crippen molar-refractivity contribution < 1.29 is 0 Å². The zero-order valence-corrected chi connectivity index (χ0v) is 11.0. The number of benzene rings is 1. The SMILES string of the molecule is c1cc(N2CCNCC2)ccc1C1CCNCC1. The number of piperazine rings is 1. The first-order valence-electron chi connectivity index (χ1n) is 7.20. The molecule has 2 aliphatic rings. The summed E-state index contributed by atoms with van der Waals surface area (Å²) in [4.78, 5) is 2.47. The fourth-order valence-electron chi connectivity index (χ4n) is 3.04. The highest BCUT2D eigenvalue weighted by molar-refractivity contribution is 5.48. The molecule has 3 heteroatoms. The standard InChI is InChI=1S/C15H23N3/c1-3-15(18-11-9-17-10-12-18)4-2-13(1)14-5-7-16-8-6-14/h1-4,14,16-17H,5-12H2. The van der Waals surface area contributed by atoms with E-state index in [0.717, 1.165) is 32.1 Å². The lowest BCUT2D eigenvalue weighted by Gasteiger charge is -2.30. The van der Waals surface area contributed by atoms with Crippen LogP contribution in [0, 0.1) is 0 Å². The van der Waals surface area contributed by atoms with Crippen LogP contribution in [0.4, 0.5) is 5.69 Å². The van der Waals surface area contributed by atoms with Gasteiger partial charge in [0.1, 0.15) is 0 Å². The largest absolute Gasteiger partial charge is 0.369 e. The maximum atomic E-state index is 3.43. The molecular formula is C15H23N3. The minimum Gasteiger partial charge on any atom is -0.369 e. The van der Waals surface area contributed by atoms with Gasteiger partial charge in [-0.2, -0.15) is 0 Å². The molecule has 0 unspecified atom stereocenters. The molecule has 1 aromatic carbocycles. The van der Waals surface area contributed by atoms with E-state index in [1.807, 2.05) is 0 Å². The summed E-state index contributed by atoms with van der Waals surface area (Å²) in [7, 11) is 0. The monoisotopic (exact) mass is 245 g/mol. The van der Waals surface area contributed by atoms with Crippen LogP contribution in [0.1, 0.15) is 24.3 Å². The molecule has 3 rings (SSSR count). The van der Waals surface area contributed by atoms with Crippen molar-refractivity contribution in [2.24, 2.45) is 0 Å². The summed E-state index contributed by atoms with van der Waals surface area (Å²) < 4.78 is 0. The molecule has 1 aromatic rings. The fourth-order valence-corrected chi connectivity index (χ4v) is 3.04. The molecule has 2 heterocycles. The predicted octanol–water partition coefficient (Wildman–Crippen LogP) is 1.56. The van der Waals surface area contributed by atoms with Gasteiger partial charge in [-0.3, -0.25) is 0 Å². The summed E-state index contributed by atoms with van der Waals surface area (Å²) in [5.74, 6) is 0.767. The molecule has 0 aliphatic carbocycles. The van der Waals surface area contributed by atoms with Crippen LogP contribution in [0.15, 0.2) is 24.3 Å². The predicted molar refractivity (Wildman–Crippen MR) is 76.4 cm³/mol. The van der Waals surface area contributed by atoms with Gasteiger partial charge in [-0.25, -0.2) is 0 Å². The lowest BCUT2D eigenvalue weighted by molar-refractivity contribution is 0.460. The molecular weight excluding hydrogens is 222 g/mol. The molecule has 2 N–H and O–H groups in total. The topological polar surface area (TPSA) is 27.3 Å². The van der Waals surface area contributed by atoms with Gasteiger partial charge in [-0.1, -0.05) is 12.1 Å².